The summed E-state index contributed by atoms with van der Waals surface area (Å²) >= 11 is 3.12. The number of aromatic nitrogens is 2. The fraction of sp³-hybridized carbons (Fsp3) is 0.350. The van der Waals surface area contributed by atoms with E-state index in [0.717, 1.165) is 23.1 Å². The molecule has 4 rings (SSSR count). The van der Waals surface area contributed by atoms with Crippen LogP contribution >= 0.6 is 23.1 Å². The van der Waals surface area contributed by atoms with Gasteiger partial charge in [-0.1, -0.05) is 36.9 Å². The summed E-state index contributed by atoms with van der Waals surface area (Å²) in [5.74, 6) is 0.431. The molecule has 1 aliphatic heterocycles. The first-order valence-electron chi connectivity index (χ1n) is 9.14. The Morgan fingerprint density at radius 1 is 1.32 bits per heavy atom. The van der Waals surface area contributed by atoms with E-state index in [0.29, 0.717) is 23.1 Å². The Balaban J connectivity index is 1.70. The molecule has 0 saturated carbocycles. The van der Waals surface area contributed by atoms with Crippen molar-refractivity contribution in [1.29, 1.82) is 0 Å². The van der Waals surface area contributed by atoms with Crippen LogP contribution in [0.2, 0.25) is 0 Å². The lowest BCUT2D eigenvalue weighted by Crippen LogP contribution is -2.34. The van der Waals surface area contributed by atoms with E-state index in [2.05, 4.69) is 34.7 Å². The van der Waals surface area contributed by atoms with Crippen molar-refractivity contribution in [1.82, 2.24) is 15.4 Å². The summed E-state index contributed by atoms with van der Waals surface area (Å²) in [5.41, 5.74) is 7.44. The highest BCUT2D eigenvalue weighted by atomic mass is 32.2. The Labute approximate surface area is 172 Å². The molecule has 0 saturated heterocycles. The number of hydrogen-bond donors (Lipinski definition) is 2. The van der Waals surface area contributed by atoms with Crippen LogP contribution < -0.4 is 10.9 Å². The minimum absolute atomic E-state index is 0.191. The standard InChI is InChI=1S/C20H22N4O2S2/c1-4-20(2)10-13-14(11-26-20)28-18-15(13)16(21-19(22-18)27-3)23-24-17(25)12-8-6-5-7-9-12/h5-9H,4,10-11H2,1-3H3,(H,24,25)(H,21,22,23)/t20-/m0/s1. The zero-order valence-corrected chi connectivity index (χ0v) is 17.7. The number of hydrazine groups is 1. The number of anilines is 1. The summed E-state index contributed by atoms with van der Waals surface area (Å²) in [6, 6.07) is 9.11. The van der Waals surface area contributed by atoms with Crippen molar-refractivity contribution in [3.63, 3.8) is 0 Å². The lowest BCUT2D eigenvalue weighted by molar-refractivity contribution is -0.0543. The topological polar surface area (TPSA) is 76.1 Å². The number of thioether (sulfide) groups is 1. The van der Waals surface area contributed by atoms with Gasteiger partial charge in [0.2, 0.25) is 0 Å². The molecule has 0 aliphatic carbocycles. The molecule has 0 spiro atoms. The van der Waals surface area contributed by atoms with Gasteiger partial charge in [-0.15, -0.1) is 11.3 Å². The molecule has 0 bridgehead atoms. The molecule has 3 heterocycles. The molecule has 6 nitrogen and oxygen atoms in total. The van der Waals surface area contributed by atoms with Crippen LogP contribution in [0, 0.1) is 0 Å². The minimum Gasteiger partial charge on any atom is -0.369 e. The maximum absolute atomic E-state index is 12.4. The highest BCUT2D eigenvalue weighted by Crippen LogP contribution is 2.42. The van der Waals surface area contributed by atoms with Gasteiger partial charge in [-0.3, -0.25) is 15.6 Å². The first-order chi connectivity index (χ1) is 13.5. The number of nitrogens with zero attached hydrogens (tertiary/aromatic N) is 2. The van der Waals surface area contributed by atoms with E-state index in [1.807, 2.05) is 24.5 Å². The second-order valence-corrected chi connectivity index (χ2v) is 8.81. The third-order valence-electron chi connectivity index (χ3n) is 5.08. The number of nitrogens with one attached hydrogen (secondary N) is 2. The van der Waals surface area contributed by atoms with Crippen LogP contribution in [-0.2, 0) is 17.8 Å². The van der Waals surface area contributed by atoms with E-state index in [-0.39, 0.29) is 11.5 Å². The largest absolute Gasteiger partial charge is 0.369 e. The first kappa shape index (κ1) is 19.2. The van der Waals surface area contributed by atoms with Gasteiger partial charge in [0.05, 0.1) is 17.6 Å². The Kier molecular flexibility index (Phi) is 5.27. The Morgan fingerprint density at radius 3 is 2.82 bits per heavy atom. The zero-order valence-electron chi connectivity index (χ0n) is 16.0. The summed E-state index contributed by atoms with van der Waals surface area (Å²) in [4.78, 5) is 23.9. The van der Waals surface area contributed by atoms with Crippen LogP contribution in [0.3, 0.4) is 0 Å². The SMILES string of the molecule is CC[C@@]1(C)Cc2c(sc3nc(SC)nc(NNC(=O)c4ccccc4)c23)CO1. The Morgan fingerprint density at radius 2 is 2.11 bits per heavy atom. The highest BCUT2D eigenvalue weighted by Gasteiger charge is 2.33. The summed E-state index contributed by atoms with van der Waals surface area (Å²) in [6.45, 7) is 4.87. The van der Waals surface area contributed by atoms with Crippen LogP contribution in [0.1, 0.15) is 41.1 Å². The number of hydrogen-bond acceptors (Lipinski definition) is 7. The molecule has 1 aliphatic rings. The average molecular weight is 415 g/mol. The van der Waals surface area contributed by atoms with Crippen LogP contribution in [0.4, 0.5) is 5.82 Å². The predicted molar refractivity (Wildman–Crippen MR) is 114 cm³/mol. The van der Waals surface area contributed by atoms with E-state index in [1.54, 1.807) is 23.5 Å². The molecule has 3 aromatic rings. The number of fused-ring (bicyclic) bond motifs is 3. The molecule has 2 aromatic heterocycles. The van der Waals surface area contributed by atoms with Gasteiger partial charge in [-0.2, -0.15) is 0 Å². The second-order valence-electron chi connectivity index (χ2n) is 6.96. The molecule has 0 radical (unpaired) electrons. The molecule has 8 heteroatoms. The summed E-state index contributed by atoms with van der Waals surface area (Å²) in [7, 11) is 0. The minimum atomic E-state index is -0.205. The fourth-order valence-corrected chi connectivity index (χ4v) is 4.76. The van der Waals surface area contributed by atoms with Crippen molar-refractivity contribution < 1.29 is 9.53 Å². The number of rotatable bonds is 5. The molecule has 1 amide bonds. The summed E-state index contributed by atoms with van der Waals surface area (Å²) < 4.78 is 6.09. The van der Waals surface area contributed by atoms with Gasteiger partial charge >= 0.3 is 0 Å². The van der Waals surface area contributed by atoms with Crippen molar-refractivity contribution in [2.24, 2.45) is 0 Å². The van der Waals surface area contributed by atoms with Gasteiger partial charge in [-0.05, 0) is 37.3 Å². The molecule has 146 valence electrons. The maximum Gasteiger partial charge on any atom is 0.269 e. The zero-order chi connectivity index (χ0) is 19.7. The molecule has 1 aromatic carbocycles. The number of thiophene rings is 1. The average Bonchev–Trinajstić information content (AvgIpc) is 3.09. The highest BCUT2D eigenvalue weighted by molar-refractivity contribution is 7.98. The molecule has 1 atom stereocenters. The lowest BCUT2D eigenvalue weighted by atomic mass is 9.90. The number of benzene rings is 1. The molecule has 28 heavy (non-hydrogen) atoms. The van der Waals surface area contributed by atoms with Gasteiger partial charge < -0.3 is 4.74 Å². The van der Waals surface area contributed by atoms with Gasteiger partial charge in [0, 0.05) is 16.9 Å². The number of carbonyl (C=O) groups is 1. The maximum atomic E-state index is 12.4. The third kappa shape index (κ3) is 3.59. The van der Waals surface area contributed by atoms with Crippen molar-refractivity contribution in [3.05, 3.63) is 46.3 Å². The second kappa shape index (κ2) is 7.69. The van der Waals surface area contributed by atoms with Crippen molar-refractivity contribution in [2.45, 2.75) is 44.1 Å². The number of amides is 1. The van der Waals surface area contributed by atoms with E-state index in [1.165, 1.54) is 22.2 Å². The predicted octanol–water partition coefficient (Wildman–Crippen LogP) is 4.41. The first-order valence-corrected chi connectivity index (χ1v) is 11.2. The molecule has 0 unspecified atom stereocenters. The van der Waals surface area contributed by atoms with Crippen molar-refractivity contribution in [3.8, 4) is 0 Å². The molecule has 0 fully saturated rings. The van der Waals surface area contributed by atoms with Crippen molar-refractivity contribution >= 4 is 45.0 Å². The smallest absolute Gasteiger partial charge is 0.269 e. The van der Waals surface area contributed by atoms with Crippen LogP contribution in [0.15, 0.2) is 35.5 Å². The lowest BCUT2D eigenvalue weighted by Gasteiger charge is -2.33. The van der Waals surface area contributed by atoms with Gasteiger partial charge in [0.15, 0.2) is 11.0 Å². The Hall–Kier alpha value is -2.16. The normalized spacial score (nSPS) is 18.7. The quantitative estimate of drug-likeness (QED) is 0.366. The Bertz CT molecular complexity index is 1020. The van der Waals surface area contributed by atoms with Gasteiger partial charge in [0.25, 0.3) is 5.91 Å². The van der Waals surface area contributed by atoms with E-state index in [9.17, 15) is 4.79 Å². The third-order valence-corrected chi connectivity index (χ3v) is 6.72. The summed E-state index contributed by atoms with van der Waals surface area (Å²) in [5, 5.41) is 1.65. The van der Waals surface area contributed by atoms with Gasteiger partial charge in [-0.25, -0.2) is 9.97 Å². The van der Waals surface area contributed by atoms with Crippen molar-refractivity contribution in [2.75, 3.05) is 11.7 Å². The van der Waals surface area contributed by atoms with Crippen LogP contribution in [0.5, 0.6) is 0 Å². The number of carbonyl (C=O) groups excluding carboxylic acids is 1. The number of ether oxygens (including phenoxy) is 1. The van der Waals surface area contributed by atoms with E-state index in [4.69, 9.17) is 4.74 Å². The van der Waals surface area contributed by atoms with E-state index >= 15 is 0 Å². The van der Waals surface area contributed by atoms with Crippen LogP contribution in [0.25, 0.3) is 10.2 Å². The summed E-state index contributed by atoms with van der Waals surface area (Å²) in [6.07, 6.45) is 3.68. The molecule has 2 N–H and O–H groups in total. The van der Waals surface area contributed by atoms with E-state index < -0.39 is 0 Å². The monoisotopic (exact) mass is 414 g/mol. The fourth-order valence-electron chi connectivity index (χ4n) is 3.24. The molecular weight excluding hydrogens is 392 g/mol. The van der Waals surface area contributed by atoms with Gasteiger partial charge in [0.1, 0.15) is 4.83 Å². The van der Waals surface area contributed by atoms with Crippen LogP contribution in [-0.4, -0.2) is 27.7 Å². The molecular formula is C20H22N4O2S2.